The van der Waals surface area contributed by atoms with E-state index in [9.17, 15) is 4.79 Å². The number of rotatable bonds is 7. The van der Waals surface area contributed by atoms with Crippen LogP contribution in [0.5, 0.6) is 17.2 Å². The molecule has 2 heterocycles. The Balaban J connectivity index is 2.04. The third kappa shape index (κ3) is 3.18. The van der Waals surface area contributed by atoms with E-state index in [1.807, 2.05) is 30.3 Å². The zero-order valence-electron chi connectivity index (χ0n) is 16.7. The summed E-state index contributed by atoms with van der Waals surface area (Å²) < 4.78 is 23.7. The fourth-order valence-corrected chi connectivity index (χ4v) is 3.41. The number of nitrogens with zero attached hydrogens (tertiary/aromatic N) is 3. The normalized spacial score (nSPS) is 10.6. The molecule has 0 unspecified atom stereocenters. The molecule has 0 fully saturated rings. The van der Waals surface area contributed by atoms with Crippen LogP contribution in [-0.4, -0.2) is 42.4 Å². The molecule has 0 bridgehead atoms. The fraction of sp³-hybridized carbons (Fsp3) is 0.136. The lowest BCUT2D eigenvalue weighted by atomic mass is 9.95. The first-order chi connectivity index (χ1) is 14.7. The van der Waals surface area contributed by atoms with Crippen LogP contribution in [0.25, 0.3) is 28.1 Å². The number of hydrogen-bond donors (Lipinski definition) is 0. The highest BCUT2D eigenvalue weighted by atomic mass is 16.5. The van der Waals surface area contributed by atoms with Gasteiger partial charge >= 0.3 is 0 Å². The summed E-state index contributed by atoms with van der Waals surface area (Å²) in [6, 6.07) is 11.0. The molecule has 4 aromatic rings. The topological polar surface area (TPSA) is 88.6 Å². The molecule has 8 heteroatoms. The van der Waals surface area contributed by atoms with Gasteiger partial charge in [-0.25, -0.2) is 9.67 Å². The van der Waals surface area contributed by atoms with Gasteiger partial charge in [0.15, 0.2) is 17.8 Å². The SMILES string of the molecule is COc1cc(C=O)c(-c2ccc(-c3ccco3)cc2-n2cncn2)c(OC)c1OC. The predicted molar refractivity (Wildman–Crippen MR) is 110 cm³/mol. The van der Waals surface area contributed by atoms with E-state index < -0.39 is 0 Å². The van der Waals surface area contributed by atoms with Gasteiger partial charge in [0.05, 0.1) is 33.3 Å². The van der Waals surface area contributed by atoms with Gasteiger partial charge in [-0.05, 0) is 24.3 Å². The van der Waals surface area contributed by atoms with Crippen molar-refractivity contribution in [1.82, 2.24) is 14.8 Å². The predicted octanol–water partition coefficient (Wildman–Crippen LogP) is 4.03. The number of furan rings is 1. The van der Waals surface area contributed by atoms with E-state index in [4.69, 9.17) is 18.6 Å². The monoisotopic (exact) mass is 405 g/mol. The molecule has 8 nitrogen and oxygen atoms in total. The standard InChI is InChI=1S/C22H19N3O5/c1-27-19-10-15(11-26)20(22(29-3)21(19)28-2)16-7-6-14(18-5-4-8-30-18)9-17(16)25-13-23-12-24-25/h4-13H,1-3H3. The highest BCUT2D eigenvalue weighted by Crippen LogP contribution is 2.48. The Morgan fingerprint density at radius 3 is 2.47 bits per heavy atom. The van der Waals surface area contributed by atoms with Gasteiger partial charge in [0, 0.05) is 22.3 Å². The molecule has 152 valence electrons. The molecule has 0 N–H and O–H groups in total. The van der Waals surface area contributed by atoms with Crippen LogP contribution in [0.4, 0.5) is 0 Å². The Morgan fingerprint density at radius 1 is 1.03 bits per heavy atom. The van der Waals surface area contributed by atoms with Crippen LogP contribution >= 0.6 is 0 Å². The quantitative estimate of drug-likeness (QED) is 0.429. The largest absolute Gasteiger partial charge is 0.493 e. The Kier molecular flexibility index (Phi) is 5.21. The number of benzene rings is 2. The lowest BCUT2D eigenvalue weighted by molar-refractivity contribution is 0.112. The minimum Gasteiger partial charge on any atom is -0.493 e. The summed E-state index contributed by atoms with van der Waals surface area (Å²) in [5.74, 6) is 1.87. The third-order valence-electron chi connectivity index (χ3n) is 4.73. The van der Waals surface area contributed by atoms with Gasteiger partial charge in [-0.2, -0.15) is 5.10 Å². The van der Waals surface area contributed by atoms with Gasteiger partial charge in [-0.15, -0.1) is 0 Å². The molecule has 0 amide bonds. The van der Waals surface area contributed by atoms with Crippen LogP contribution in [0, 0.1) is 0 Å². The van der Waals surface area contributed by atoms with Crippen LogP contribution < -0.4 is 14.2 Å². The second-order valence-corrected chi connectivity index (χ2v) is 6.28. The molecule has 4 rings (SSSR count). The zero-order chi connectivity index (χ0) is 21.1. The van der Waals surface area contributed by atoms with Crippen molar-refractivity contribution in [2.75, 3.05) is 21.3 Å². The van der Waals surface area contributed by atoms with Crippen molar-refractivity contribution in [2.24, 2.45) is 0 Å². The molecule has 0 saturated carbocycles. The summed E-state index contributed by atoms with van der Waals surface area (Å²) in [6.07, 6.45) is 5.39. The zero-order valence-corrected chi connectivity index (χ0v) is 16.7. The Bertz CT molecular complexity index is 1170. The Hall–Kier alpha value is -4.07. The van der Waals surface area contributed by atoms with Crippen LogP contribution in [-0.2, 0) is 0 Å². The van der Waals surface area contributed by atoms with Crippen molar-refractivity contribution in [3.05, 3.63) is 60.9 Å². The fourth-order valence-electron chi connectivity index (χ4n) is 3.41. The average Bonchev–Trinajstić information content (AvgIpc) is 3.51. The molecule has 0 aliphatic carbocycles. The highest BCUT2D eigenvalue weighted by Gasteiger charge is 2.24. The molecule has 0 radical (unpaired) electrons. The number of methoxy groups -OCH3 is 3. The maximum atomic E-state index is 12.0. The lowest BCUT2D eigenvalue weighted by Crippen LogP contribution is -2.04. The smallest absolute Gasteiger partial charge is 0.203 e. The molecular weight excluding hydrogens is 386 g/mol. The number of aldehydes is 1. The third-order valence-corrected chi connectivity index (χ3v) is 4.73. The number of carbonyl (C=O) groups excluding carboxylic acids is 1. The number of aromatic nitrogens is 3. The van der Waals surface area contributed by atoms with Crippen LogP contribution in [0.15, 0.2) is 59.7 Å². The molecule has 0 spiro atoms. The van der Waals surface area contributed by atoms with E-state index in [0.717, 1.165) is 11.8 Å². The van der Waals surface area contributed by atoms with Gasteiger partial charge in [-0.3, -0.25) is 4.79 Å². The minimum absolute atomic E-state index is 0.381. The Labute approximate surface area is 172 Å². The van der Waals surface area contributed by atoms with Crippen molar-refractivity contribution in [3.63, 3.8) is 0 Å². The maximum Gasteiger partial charge on any atom is 0.203 e. The number of hydrogen-bond acceptors (Lipinski definition) is 7. The second-order valence-electron chi connectivity index (χ2n) is 6.28. The van der Waals surface area contributed by atoms with Gasteiger partial charge in [0.1, 0.15) is 18.4 Å². The first-order valence-corrected chi connectivity index (χ1v) is 9.03. The summed E-state index contributed by atoms with van der Waals surface area (Å²) in [7, 11) is 4.54. The van der Waals surface area contributed by atoms with E-state index >= 15 is 0 Å². The molecule has 2 aromatic carbocycles. The summed E-state index contributed by atoms with van der Waals surface area (Å²) in [6.45, 7) is 0. The van der Waals surface area contributed by atoms with Gasteiger partial charge in [0.25, 0.3) is 0 Å². The van der Waals surface area contributed by atoms with Crippen molar-refractivity contribution in [2.45, 2.75) is 0 Å². The van der Waals surface area contributed by atoms with Crippen molar-refractivity contribution >= 4 is 6.29 Å². The van der Waals surface area contributed by atoms with Crippen molar-refractivity contribution in [3.8, 4) is 45.4 Å². The number of ether oxygens (including phenoxy) is 3. The molecule has 0 saturated heterocycles. The molecule has 0 atom stereocenters. The van der Waals surface area contributed by atoms with Crippen molar-refractivity contribution in [1.29, 1.82) is 0 Å². The van der Waals surface area contributed by atoms with Gasteiger partial charge in [0.2, 0.25) is 5.75 Å². The Morgan fingerprint density at radius 2 is 1.87 bits per heavy atom. The lowest BCUT2D eigenvalue weighted by Gasteiger charge is -2.20. The van der Waals surface area contributed by atoms with E-state index in [2.05, 4.69) is 10.1 Å². The van der Waals surface area contributed by atoms with E-state index in [1.165, 1.54) is 27.7 Å². The second kappa shape index (κ2) is 8.12. The van der Waals surface area contributed by atoms with E-state index in [1.54, 1.807) is 23.3 Å². The summed E-state index contributed by atoms with van der Waals surface area (Å²) in [4.78, 5) is 16.0. The van der Waals surface area contributed by atoms with Gasteiger partial charge in [-0.1, -0.05) is 12.1 Å². The average molecular weight is 405 g/mol. The van der Waals surface area contributed by atoms with Gasteiger partial charge < -0.3 is 18.6 Å². The number of carbonyl (C=O) groups is 1. The van der Waals surface area contributed by atoms with Crippen molar-refractivity contribution < 1.29 is 23.4 Å². The summed E-state index contributed by atoms with van der Waals surface area (Å²) >= 11 is 0. The molecule has 30 heavy (non-hydrogen) atoms. The van der Waals surface area contributed by atoms with Crippen LogP contribution in [0.3, 0.4) is 0 Å². The molecule has 2 aromatic heterocycles. The van der Waals surface area contributed by atoms with E-state index in [-0.39, 0.29) is 0 Å². The molecular formula is C22H19N3O5. The van der Waals surface area contributed by atoms with Crippen LogP contribution in [0.1, 0.15) is 10.4 Å². The first-order valence-electron chi connectivity index (χ1n) is 9.03. The summed E-state index contributed by atoms with van der Waals surface area (Å²) in [5, 5.41) is 4.27. The first kappa shape index (κ1) is 19.3. The summed E-state index contributed by atoms with van der Waals surface area (Å²) in [5.41, 5.74) is 3.19. The maximum absolute atomic E-state index is 12.0. The van der Waals surface area contributed by atoms with Crippen LogP contribution in [0.2, 0.25) is 0 Å². The van der Waals surface area contributed by atoms with E-state index in [0.29, 0.717) is 45.4 Å². The molecule has 0 aliphatic rings. The minimum atomic E-state index is 0.381. The molecule has 0 aliphatic heterocycles. The highest BCUT2D eigenvalue weighted by molar-refractivity contribution is 5.96.